The molecular formula is C18H16N4. The fraction of sp³-hybridized carbons (Fsp3) is 0.111. The number of pyridine rings is 1. The van der Waals surface area contributed by atoms with Gasteiger partial charge in [-0.1, -0.05) is 23.8 Å². The van der Waals surface area contributed by atoms with Crippen molar-refractivity contribution in [2.45, 2.75) is 13.8 Å². The quantitative estimate of drug-likeness (QED) is 0.606. The van der Waals surface area contributed by atoms with Crippen LogP contribution in [0.25, 0.3) is 28.2 Å². The number of nitrogens with one attached hydrogen (secondary N) is 1. The fourth-order valence-corrected chi connectivity index (χ4v) is 2.77. The first-order chi connectivity index (χ1) is 10.7. The van der Waals surface area contributed by atoms with Gasteiger partial charge < -0.3 is 9.38 Å². The first-order valence-corrected chi connectivity index (χ1v) is 7.27. The lowest BCUT2D eigenvalue weighted by atomic mass is 10.0. The smallest absolute Gasteiger partial charge is 0.136 e. The summed E-state index contributed by atoms with van der Waals surface area (Å²) >= 11 is 0. The minimum absolute atomic E-state index is 0.914. The fourth-order valence-electron chi connectivity index (χ4n) is 2.77. The second-order valence-corrected chi connectivity index (χ2v) is 5.53. The van der Waals surface area contributed by atoms with Gasteiger partial charge in [-0.15, -0.1) is 0 Å². The Morgan fingerprint density at radius 3 is 2.82 bits per heavy atom. The summed E-state index contributed by atoms with van der Waals surface area (Å²) in [6.45, 7) is 4.09. The van der Waals surface area contributed by atoms with Gasteiger partial charge >= 0.3 is 0 Å². The molecule has 108 valence electrons. The Kier molecular flexibility index (Phi) is 2.82. The number of aromatic nitrogens is 4. The van der Waals surface area contributed by atoms with Crippen LogP contribution in [-0.4, -0.2) is 19.4 Å². The van der Waals surface area contributed by atoms with E-state index >= 15 is 0 Å². The van der Waals surface area contributed by atoms with Crippen molar-refractivity contribution in [3.8, 4) is 22.5 Å². The van der Waals surface area contributed by atoms with Crippen LogP contribution in [0.4, 0.5) is 0 Å². The third kappa shape index (κ3) is 2.09. The number of aromatic amines is 1. The van der Waals surface area contributed by atoms with Crippen LogP contribution in [0.3, 0.4) is 0 Å². The number of aryl methyl sites for hydroxylation is 2. The average molecular weight is 288 g/mol. The molecule has 0 amide bonds. The van der Waals surface area contributed by atoms with Crippen LogP contribution in [0.1, 0.15) is 11.4 Å². The molecule has 0 saturated carbocycles. The van der Waals surface area contributed by atoms with Gasteiger partial charge in [-0.25, -0.2) is 9.97 Å². The van der Waals surface area contributed by atoms with Gasteiger partial charge in [0.25, 0.3) is 0 Å². The molecular weight excluding hydrogens is 272 g/mol. The maximum atomic E-state index is 4.69. The van der Waals surface area contributed by atoms with Crippen molar-refractivity contribution >= 4 is 5.65 Å². The predicted molar refractivity (Wildman–Crippen MR) is 87.7 cm³/mol. The highest BCUT2D eigenvalue weighted by Gasteiger charge is 2.13. The highest BCUT2D eigenvalue weighted by Crippen LogP contribution is 2.30. The van der Waals surface area contributed by atoms with Gasteiger partial charge in [0.1, 0.15) is 11.5 Å². The molecule has 0 unspecified atom stereocenters. The molecule has 0 atom stereocenters. The van der Waals surface area contributed by atoms with Crippen LogP contribution in [0, 0.1) is 13.8 Å². The van der Waals surface area contributed by atoms with Gasteiger partial charge in [-0.2, -0.15) is 0 Å². The number of nitrogens with zero attached hydrogens (tertiary/aromatic N) is 3. The molecule has 22 heavy (non-hydrogen) atoms. The molecule has 0 aliphatic heterocycles. The third-order valence-electron chi connectivity index (χ3n) is 3.79. The largest absolute Gasteiger partial charge is 0.342 e. The number of hydrogen-bond acceptors (Lipinski definition) is 2. The third-order valence-corrected chi connectivity index (χ3v) is 3.79. The van der Waals surface area contributed by atoms with Crippen LogP contribution in [0.15, 0.2) is 55.0 Å². The standard InChI is InChI=1S/C18H16N4/c1-12-4-3-5-14(10-12)17-18(21-13(2)20-17)15-6-7-16-19-8-9-22(16)11-15/h3-11H,1-2H3,(H,20,21). The van der Waals surface area contributed by atoms with Crippen molar-refractivity contribution in [1.82, 2.24) is 19.4 Å². The average Bonchev–Trinajstić information content (AvgIpc) is 3.12. The molecule has 1 aromatic carbocycles. The van der Waals surface area contributed by atoms with Crippen molar-refractivity contribution in [1.29, 1.82) is 0 Å². The number of hydrogen-bond donors (Lipinski definition) is 1. The Morgan fingerprint density at radius 1 is 1.05 bits per heavy atom. The van der Waals surface area contributed by atoms with E-state index in [1.54, 1.807) is 6.20 Å². The van der Waals surface area contributed by atoms with Gasteiger partial charge in [-0.3, -0.25) is 0 Å². The van der Waals surface area contributed by atoms with E-state index in [0.29, 0.717) is 0 Å². The first kappa shape index (κ1) is 12.8. The Bertz CT molecular complexity index is 962. The summed E-state index contributed by atoms with van der Waals surface area (Å²) in [7, 11) is 0. The number of benzene rings is 1. The van der Waals surface area contributed by atoms with Crippen LogP contribution < -0.4 is 0 Å². The maximum absolute atomic E-state index is 4.69. The first-order valence-electron chi connectivity index (χ1n) is 7.27. The van der Waals surface area contributed by atoms with Gasteiger partial charge in [0.05, 0.1) is 11.4 Å². The minimum Gasteiger partial charge on any atom is -0.342 e. The topological polar surface area (TPSA) is 46.0 Å². The molecule has 0 aliphatic carbocycles. The summed E-state index contributed by atoms with van der Waals surface area (Å²) in [5.41, 5.74) is 6.43. The summed E-state index contributed by atoms with van der Waals surface area (Å²) in [5.74, 6) is 0.914. The number of H-pyrrole nitrogens is 1. The number of fused-ring (bicyclic) bond motifs is 1. The summed E-state index contributed by atoms with van der Waals surface area (Å²) in [5, 5.41) is 0. The monoisotopic (exact) mass is 288 g/mol. The van der Waals surface area contributed by atoms with Gasteiger partial charge in [0.2, 0.25) is 0 Å². The highest BCUT2D eigenvalue weighted by atomic mass is 15.0. The summed E-state index contributed by atoms with van der Waals surface area (Å²) in [4.78, 5) is 12.4. The van der Waals surface area contributed by atoms with Crippen LogP contribution in [0.5, 0.6) is 0 Å². The normalized spacial score (nSPS) is 11.2. The molecule has 3 aromatic heterocycles. The molecule has 0 saturated heterocycles. The van der Waals surface area contributed by atoms with E-state index in [1.807, 2.05) is 23.6 Å². The van der Waals surface area contributed by atoms with E-state index in [0.717, 1.165) is 34.0 Å². The molecule has 0 aliphatic rings. The number of imidazole rings is 2. The summed E-state index contributed by atoms with van der Waals surface area (Å²) in [6, 6.07) is 12.5. The second-order valence-electron chi connectivity index (χ2n) is 5.53. The van der Waals surface area contributed by atoms with Crippen LogP contribution >= 0.6 is 0 Å². The number of rotatable bonds is 2. The van der Waals surface area contributed by atoms with E-state index in [4.69, 9.17) is 0 Å². The van der Waals surface area contributed by atoms with Gasteiger partial charge in [0.15, 0.2) is 0 Å². The molecule has 0 fully saturated rings. The molecule has 4 nitrogen and oxygen atoms in total. The Balaban J connectivity index is 1.91. The van der Waals surface area contributed by atoms with Crippen molar-refractivity contribution in [2.24, 2.45) is 0 Å². The molecule has 4 rings (SSSR count). The lowest BCUT2D eigenvalue weighted by Gasteiger charge is -2.05. The van der Waals surface area contributed by atoms with Crippen molar-refractivity contribution in [3.63, 3.8) is 0 Å². The Morgan fingerprint density at radius 2 is 1.95 bits per heavy atom. The van der Waals surface area contributed by atoms with Crippen molar-refractivity contribution < 1.29 is 0 Å². The molecule has 4 aromatic rings. The van der Waals surface area contributed by atoms with E-state index < -0.39 is 0 Å². The molecule has 0 spiro atoms. The zero-order valence-corrected chi connectivity index (χ0v) is 12.5. The van der Waals surface area contributed by atoms with Crippen LogP contribution in [0.2, 0.25) is 0 Å². The molecule has 3 heterocycles. The highest BCUT2D eigenvalue weighted by molar-refractivity contribution is 5.78. The summed E-state index contributed by atoms with van der Waals surface area (Å²) < 4.78 is 2.01. The zero-order valence-electron chi connectivity index (χ0n) is 12.5. The minimum atomic E-state index is 0.914. The van der Waals surface area contributed by atoms with E-state index in [1.165, 1.54) is 5.56 Å². The molecule has 0 radical (unpaired) electrons. The van der Waals surface area contributed by atoms with E-state index in [2.05, 4.69) is 58.4 Å². The van der Waals surface area contributed by atoms with E-state index in [-0.39, 0.29) is 0 Å². The maximum Gasteiger partial charge on any atom is 0.136 e. The van der Waals surface area contributed by atoms with E-state index in [9.17, 15) is 0 Å². The van der Waals surface area contributed by atoms with Crippen molar-refractivity contribution in [2.75, 3.05) is 0 Å². The SMILES string of the molecule is Cc1cccc(-c2[nH]c(C)nc2-c2ccc3nccn3c2)c1. The Labute approximate surface area is 128 Å². The molecule has 1 N–H and O–H groups in total. The predicted octanol–water partition coefficient (Wildman–Crippen LogP) is 4.01. The van der Waals surface area contributed by atoms with Crippen LogP contribution in [-0.2, 0) is 0 Å². The second kappa shape index (κ2) is 4.84. The van der Waals surface area contributed by atoms with Gasteiger partial charge in [0, 0.05) is 29.7 Å². The Hall–Kier alpha value is -2.88. The summed E-state index contributed by atoms with van der Waals surface area (Å²) in [6.07, 6.45) is 5.82. The van der Waals surface area contributed by atoms with Crippen molar-refractivity contribution in [3.05, 3.63) is 66.4 Å². The zero-order chi connectivity index (χ0) is 15.1. The molecule has 0 bridgehead atoms. The molecule has 4 heteroatoms. The lowest BCUT2D eigenvalue weighted by molar-refractivity contribution is 1.14. The van der Waals surface area contributed by atoms with Gasteiger partial charge in [-0.05, 0) is 32.0 Å². The lowest BCUT2D eigenvalue weighted by Crippen LogP contribution is -1.88.